The quantitative estimate of drug-likeness (QED) is 0.522. The summed E-state index contributed by atoms with van der Waals surface area (Å²) in [6.07, 6.45) is -1.63. The average molecular weight is 532 g/mol. The van der Waals surface area contributed by atoms with E-state index in [-0.39, 0.29) is 18.2 Å². The molecule has 5 rings (SSSR count). The van der Waals surface area contributed by atoms with E-state index < -0.39 is 53.3 Å². The minimum absolute atomic E-state index is 0.136. The van der Waals surface area contributed by atoms with Gasteiger partial charge in [-0.3, -0.25) is 4.79 Å². The van der Waals surface area contributed by atoms with Crippen molar-refractivity contribution in [1.82, 2.24) is 4.90 Å². The van der Waals surface area contributed by atoms with Crippen LogP contribution in [0.1, 0.15) is 51.2 Å². The number of esters is 1. The van der Waals surface area contributed by atoms with Gasteiger partial charge in [0.15, 0.2) is 17.6 Å². The van der Waals surface area contributed by atoms with E-state index >= 15 is 0 Å². The third-order valence-corrected chi connectivity index (χ3v) is 8.03. The van der Waals surface area contributed by atoms with Crippen LogP contribution in [0.5, 0.6) is 11.5 Å². The van der Waals surface area contributed by atoms with E-state index in [1.54, 1.807) is 26.8 Å². The summed E-state index contributed by atoms with van der Waals surface area (Å²) < 4.78 is 27.8. The Morgan fingerprint density at radius 3 is 2.66 bits per heavy atom. The highest BCUT2D eigenvalue weighted by Crippen LogP contribution is 2.65. The van der Waals surface area contributed by atoms with Crippen LogP contribution in [0.25, 0.3) is 0 Å². The van der Waals surface area contributed by atoms with E-state index in [9.17, 15) is 24.6 Å². The van der Waals surface area contributed by atoms with E-state index in [1.165, 1.54) is 7.11 Å². The summed E-state index contributed by atoms with van der Waals surface area (Å²) >= 11 is 0. The predicted octanol–water partition coefficient (Wildman–Crippen LogP) is 2.31. The number of likely N-dealkylation sites (tertiary alicyclic amines) is 1. The topological polar surface area (TPSA) is 141 Å². The zero-order chi connectivity index (χ0) is 27.6. The number of aliphatic carboxylic acids is 1. The van der Waals surface area contributed by atoms with Gasteiger partial charge < -0.3 is 38.8 Å². The lowest BCUT2D eigenvalue weighted by atomic mass is 9.50. The summed E-state index contributed by atoms with van der Waals surface area (Å²) in [6.45, 7) is 5.53. The molecule has 11 nitrogen and oxygen atoms in total. The molecule has 2 bridgehead atoms. The summed E-state index contributed by atoms with van der Waals surface area (Å²) in [6, 6.07) is 3.63. The van der Waals surface area contributed by atoms with E-state index in [2.05, 4.69) is 4.90 Å². The molecule has 2 aliphatic heterocycles. The predicted molar refractivity (Wildman–Crippen MR) is 131 cm³/mol. The minimum Gasteiger partial charge on any atom is -0.493 e. The van der Waals surface area contributed by atoms with Crippen molar-refractivity contribution >= 4 is 18.1 Å². The SMILES string of the molecule is COc1ccc2c3c1O[C@H]1C(OC(=O)[C@H](CC(=O)O)OC(=O)OC(C)(C)C)=CC[C@@]4(O)[C@@H](C2)N(C)CC[C@]314. The first-order valence-corrected chi connectivity index (χ1v) is 12.6. The number of piperidine rings is 1. The van der Waals surface area contributed by atoms with Crippen molar-refractivity contribution in [3.8, 4) is 11.5 Å². The number of nitrogens with zero attached hydrogens (tertiary/aromatic N) is 1. The molecule has 0 unspecified atom stereocenters. The maximum atomic E-state index is 13.2. The highest BCUT2D eigenvalue weighted by Gasteiger charge is 2.72. The van der Waals surface area contributed by atoms with Crippen molar-refractivity contribution in [1.29, 1.82) is 0 Å². The molecular weight excluding hydrogens is 498 g/mol. The first-order valence-electron chi connectivity index (χ1n) is 12.6. The summed E-state index contributed by atoms with van der Waals surface area (Å²) in [5.41, 5.74) is -1.11. The van der Waals surface area contributed by atoms with Crippen molar-refractivity contribution < 1.29 is 48.3 Å². The van der Waals surface area contributed by atoms with Crippen molar-refractivity contribution in [2.24, 2.45) is 0 Å². The van der Waals surface area contributed by atoms with Gasteiger partial charge in [-0.15, -0.1) is 0 Å². The fourth-order valence-electron chi connectivity index (χ4n) is 6.49. The Morgan fingerprint density at radius 2 is 2.00 bits per heavy atom. The van der Waals surface area contributed by atoms with Crippen LogP contribution in [0.4, 0.5) is 4.79 Å². The Morgan fingerprint density at radius 1 is 1.26 bits per heavy atom. The maximum Gasteiger partial charge on any atom is 0.509 e. The van der Waals surface area contributed by atoms with Gasteiger partial charge in [0.05, 0.1) is 24.5 Å². The zero-order valence-electron chi connectivity index (χ0n) is 22.1. The molecule has 2 N–H and O–H groups in total. The molecule has 0 aromatic heterocycles. The van der Waals surface area contributed by atoms with Gasteiger partial charge >= 0.3 is 18.1 Å². The van der Waals surface area contributed by atoms with Crippen LogP contribution < -0.4 is 9.47 Å². The lowest BCUT2D eigenvalue weighted by molar-refractivity contribution is -0.173. The molecule has 2 aliphatic carbocycles. The third kappa shape index (κ3) is 3.90. The van der Waals surface area contributed by atoms with Gasteiger partial charge in [0.1, 0.15) is 11.4 Å². The molecule has 206 valence electrons. The summed E-state index contributed by atoms with van der Waals surface area (Å²) in [7, 11) is 3.52. The molecule has 4 aliphatic rings. The Hall–Kier alpha value is -3.31. The number of rotatable bonds is 6. The van der Waals surface area contributed by atoms with Gasteiger partial charge in [0.2, 0.25) is 6.10 Å². The molecule has 0 saturated carbocycles. The summed E-state index contributed by atoms with van der Waals surface area (Å²) in [4.78, 5) is 39.0. The van der Waals surface area contributed by atoms with Gasteiger partial charge in [0.25, 0.3) is 0 Å². The Bertz CT molecular complexity index is 1220. The monoisotopic (exact) mass is 531 g/mol. The number of likely N-dealkylation sites (N-methyl/N-ethyl adjacent to an activating group) is 1. The van der Waals surface area contributed by atoms with Crippen LogP contribution in [-0.4, -0.2) is 83.4 Å². The van der Waals surface area contributed by atoms with E-state index in [1.807, 2.05) is 19.2 Å². The second-order valence-corrected chi connectivity index (χ2v) is 11.4. The Labute approximate surface area is 220 Å². The van der Waals surface area contributed by atoms with Crippen LogP contribution in [0, 0.1) is 0 Å². The van der Waals surface area contributed by atoms with Gasteiger partial charge in [-0.1, -0.05) is 6.07 Å². The van der Waals surface area contributed by atoms with E-state index in [0.29, 0.717) is 30.9 Å². The first kappa shape index (κ1) is 26.3. The van der Waals surface area contributed by atoms with Crippen LogP contribution in [0.3, 0.4) is 0 Å². The Balaban J connectivity index is 1.49. The maximum absolute atomic E-state index is 13.2. The highest BCUT2D eigenvalue weighted by molar-refractivity contribution is 5.83. The number of hydrogen-bond acceptors (Lipinski definition) is 10. The largest absolute Gasteiger partial charge is 0.509 e. The molecule has 11 heteroatoms. The number of aliphatic hydroxyl groups is 1. The number of methoxy groups -OCH3 is 1. The number of carbonyl (C=O) groups is 3. The number of hydrogen-bond donors (Lipinski definition) is 2. The van der Waals surface area contributed by atoms with Gasteiger partial charge in [0, 0.05) is 18.0 Å². The molecule has 1 aromatic rings. The summed E-state index contributed by atoms with van der Waals surface area (Å²) in [5.74, 6) is -1.27. The van der Waals surface area contributed by atoms with Crippen LogP contribution in [-0.2, 0) is 35.6 Å². The lowest BCUT2D eigenvalue weighted by Gasteiger charge is -2.61. The molecule has 1 fully saturated rings. The molecule has 0 radical (unpaired) electrons. The molecule has 1 aromatic carbocycles. The fraction of sp³-hybridized carbons (Fsp3) is 0.593. The van der Waals surface area contributed by atoms with Crippen LogP contribution in [0.15, 0.2) is 24.0 Å². The van der Waals surface area contributed by atoms with Crippen LogP contribution in [0.2, 0.25) is 0 Å². The number of ether oxygens (including phenoxy) is 5. The second kappa shape index (κ2) is 8.88. The van der Waals surface area contributed by atoms with Gasteiger partial charge in [-0.2, -0.15) is 0 Å². The molecule has 2 heterocycles. The standard InChI is InChI=1S/C27H33NO10/c1-25(2,3)38-24(32)36-17(13-19(29)30)23(31)35-16-8-9-27(33)18-12-14-6-7-15(34-5)21-20(14)26(27,22(16)37-21)10-11-28(18)4/h6-8,17-18,22,33H,9-13H2,1-5H3,(H,29,30)/t17-,18+,22-,26-,27+/m0/s1. The number of carbonyl (C=O) groups excluding carboxylic acids is 2. The second-order valence-electron chi connectivity index (χ2n) is 11.4. The van der Waals surface area contributed by atoms with Gasteiger partial charge in [-0.25, -0.2) is 9.59 Å². The third-order valence-electron chi connectivity index (χ3n) is 8.03. The summed E-state index contributed by atoms with van der Waals surface area (Å²) in [5, 5.41) is 21.6. The lowest BCUT2D eigenvalue weighted by Crippen LogP contribution is -2.74. The highest BCUT2D eigenvalue weighted by atomic mass is 16.7. The van der Waals surface area contributed by atoms with Crippen molar-refractivity contribution in [2.75, 3.05) is 20.7 Å². The molecular formula is C27H33NO10. The molecule has 1 spiro atoms. The molecule has 0 amide bonds. The van der Waals surface area contributed by atoms with Crippen molar-refractivity contribution in [3.05, 3.63) is 35.1 Å². The van der Waals surface area contributed by atoms with Gasteiger partial charge in [-0.05, 0) is 64.9 Å². The zero-order valence-corrected chi connectivity index (χ0v) is 22.1. The van der Waals surface area contributed by atoms with Crippen molar-refractivity contribution in [2.45, 2.75) is 81.3 Å². The minimum atomic E-state index is -1.74. The first-order chi connectivity index (χ1) is 17.8. The normalized spacial score (nSPS) is 29.8. The average Bonchev–Trinajstić information content (AvgIpc) is 3.17. The van der Waals surface area contributed by atoms with E-state index in [4.69, 9.17) is 23.7 Å². The molecule has 38 heavy (non-hydrogen) atoms. The van der Waals surface area contributed by atoms with Crippen molar-refractivity contribution in [3.63, 3.8) is 0 Å². The molecule has 5 atom stereocenters. The Kier molecular flexibility index (Phi) is 6.14. The smallest absolute Gasteiger partial charge is 0.493 e. The molecule has 1 saturated heterocycles. The van der Waals surface area contributed by atoms with Crippen LogP contribution >= 0.6 is 0 Å². The number of carboxylic acids is 1. The fourth-order valence-corrected chi connectivity index (χ4v) is 6.49. The van der Waals surface area contributed by atoms with E-state index in [0.717, 1.165) is 11.1 Å². The number of benzene rings is 1. The number of carboxylic acid groups (broad SMARTS) is 1.